The van der Waals surface area contributed by atoms with E-state index in [0.29, 0.717) is 5.92 Å². The molecule has 1 fully saturated rings. The monoisotopic (exact) mass is 318 g/mol. The molecule has 1 aliphatic carbocycles. The van der Waals surface area contributed by atoms with Crippen LogP contribution in [0.25, 0.3) is 0 Å². The number of rotatable bonds is 13. The number of ether oxygens (including phenoxy) is 1. The van der Waals surface area contributed by atoms with Crippen LogP contribution in [0.1, 0.15) is 71.1 Å². The molecule has 0 aliphatic heterocycles. The third-order valence-electron chi connectivity index (χ3n) is 4.33. The van der Waals surface area contributed by atoms with Crippen molar-refractivity contribution in [3.05, 3.63) is 36.5 Å². The molecule has 0 saturated heterocycles. The fourth-order valence-corrected chi connectivity index (χ4v) is 2.71. The summed E-state index contributed by atoms with van der Waals surface area (Å²) in [5.74, 6) is 0.462. The minimum absolute atomic E-state index is 0.0642. The van der Waals surface area contributed by atoms with Gasteiger partial charge >= 0.3 is 5.97 Å². The Labute approximate surface area is 142 Å². The van der Waals surface area contributed by atoms with Gasteiger partial charge in [0.05, 0.1) is 13.0 Å². The number of allylic oxidation sites excluding steroid dienone is 6. The van der Waals surface area contributed by atoms with Gasteiger partial charge in [0.2, 0.25) is 0 Å². The number of unbranched alkanes of at least 4 members (excludes halogenated alkanes) is 6. The van der Waals surface area contributed by atoms with Crippen LogP contribution in [0.3, 0.4) is 0 Å². The zero-order chi connectivity index (χ0) is 16.8. The Hall–Kier alpha value is -1.31. The quantitative estimate of drug-likeness (QED) is 0.237. The van der Waals surface area contributed by atoms with Gasteiger partial charge in [-0.1, -0.05) is 75.5 Å². The fraction of sp³-hybridized carbons (Fsp3) is 0.667. The van der Waals surface area contributed by atoms with Gasteiger partial charge in [-0.3, -0.25) is 4.79 Å². The molecule has 1 aliphatic rings. The van der Waals surface area contributed by atoms with Crippen molar-refractivity contribution in [2.24, 2.45) is 11.8 Å². The van der Waals surface area contributed by atoms with Crippen molar-refractivity contribution in [1.82, 2.24) is 0 Å². The first-order chi connectivity index (χ1) is 11.3. The predicted octanol–water partition coefficient (Wildman–Crippen LogP) is 5.99. The van der Waals surface area contributed by atoms with Gasteiger partial charge in [-0.05, 0) is 38.0 Å². The number of hydrogen-bond donors (Lipinski definition) is 0. The zero-order valence-corrected chi connectivity index (χ0v) is 15.0. The molecule has 0 heterocycles. The molecule has 2 atom stereocenters. The highest BCUT2D eigenvalue weighted by Crippen LogP contribution is 2.40. The molecule has 130 valence electrons. The topological polar surface area (TPSA) is 26.3 Å². The molecular formula is C21H34O2. The maximum absolute atomic E-state index is 11.3. The van der Waals surface area contributed by atoms with E-state index in [1.165, 1.54) is 52.1 Å². The Morgan fingerprint density at radius 1 is 0.957 bits per heavy atom. The first kappa shape index (κ1) is 19.7. The van der Waals surface area contributed by atoms with Crippen LogP contribution in [-0.4, -0.2) is 13.1 Å². The van der Waals surface area contributed by atoms with Gasteiger partial charge in [-0.2, -0.15) is 0 Å². The highest BCUT2D eigenvalue weighted by Gasteiger charge is 2.41. The Morgan fingerprint density at radius 3 is 2.35 bits per heavy atom. The van der Waals surface area contributed by atoms with Crippen molar-refractivity contribution in [3.63, 3.8) is 0 Å². The summed E-state index contributed by atoms with van der Waals surface area (Å²) >= 11 is 0. The lowest BCUT2D eigenvalue weighted by atomic mass is 10.1. The van der Waals surface area contributed by atoms with Crippen LogP contribution < -0.4 is 0 Å². The van der Waals surface area contributed by atoms with Gasteiger partial charge in [0.1, 0.15) is 0 Å². The zero-order valence-electron chi connectivity index (χ0n) is 15.0. The van der Waals surface area contributed by atoms with Gasteiger partial charge in [0.25, 0.3) is 0 Å². The lowest BCUT2D eigenvalue weighted by Gasteiger charge is -1.97. The Balaban J connectivity index is 1.91. The van der Waals surface area contributed by atoms with E-state index in [9.17, 15) is 4.79 Å². The van der Waals surface area contributed by atoms with E-state index in [1.807, 2.05) is 0 Å². The molecule has 1 saturated carbocycles. The summed E-state index contributed by atoms with van der Waals surface area (Å²) in [6, 6.07) is 0. The smallest absolute Gasteiger partial charge is 0.309 e. The number of esters is 1. The fourth-order valence-electron chi connectivity index (χ4n) is 2.71. The van der Waals surface area contributed by atoms with E-state index < -0.39 is 0 Å². The third kappa shape index (κ3) is 10.1. The van der Waals surface area contributed by atoms with Crippen molar-refractivity contribution in [2.45, 2.75) is 71.1 Å². The van der Waals surface area contributed by atoms with Crippen molar-refractivity contribution in [1.29, 1.82) is 0 Å². The molecule has 23 heavy (non-hydrogen) atoms. The number of hydrogen-bond acceptors (Lipinski definition) is 2. The van der Waals surface area contributed by atoms with Crippen LogP contribution >= 0.6 is 0 Å². The average molecular weight is 319 g/mol. The van der Waals surface area contributed by atoms with E-state index in [4.69, 9.17) is 4.74 Å². The van der Waals surface area contributed by atoms with Gasteiger partial charge in [0.15, 0.2) is 0 Å². The van der Waals surface area contributed by atoms with Crippen LogP contribution in [0, 0.1) is 11.8 Å². The van der Waals surface area contributed by atoms with Crippen LogP contribution in [-0.2, 0) is 9.53 Å². The predicted molar refractivity (Wildman–Crippen MR) is 98.3 cm³/mol. The molecule has 0 bridgehead atoms. The summed E-state index contributed by atoms with van der Waals surface area (Å²) < 4.78 is 4.73. The molecule has 1 rings (SSSR count). The second kappa shape index (κ2) is 13.2. The molecule has 0 amide bonds. The molecule has 0 aromatic rings. The summed E-state index contributed by atoms with van der Waals surface area (Å²) in [6.45, 7) is 2.26. The number of carbonyl (C=O) groups excluding carboxylic acids is 1. The number of methoxy groups -OCH3 is 1. The van der Waals surface area contributed by atoms with E-state index in [-0.39, 0.29) is 11.9 Å². The highest BCUT2D eigenvalue weighted by molar-refractivity contribution is 5.76. The van der Waals surface area contributed by atoms with Gasteiger partial charge < -0.3 is 4.74 Å². The van der Waals surface area contributed by atoms with Gasteiger partial charge in [-0.25, -0.2) is 0 Å². The Bertz CT molecular complexity index is 393. The van der Waals surface area contributed by atoms with E-state index in [1.54, 1.807) is 0 Å². The van der Waals surface area contributed by atoms with Crippen molar-refractivity contribution in [2.75, 3.05) is 7.11 Å². The average Bonchev–Trinajstić information content (AvgIpc) is 3.34. The summed E-state index contributed by atoms with van der Waals surface area (Å²) in [5, 5.41) is 0. The lowest BCUT2D eigenvalue weighted by Crippen LogP contribution is -2.03. The molecule has 0 aromatic carbocycles. The minimum Gasteiger partial charge on any atom is -0.469 e. The van der Waals surface area contributed by atoms with Crippen LogP contribution in [0.15, 0.2) is 36.5 Å². The molecule has 0 unspecified atom stereocenters. The van der Waals surface area contributed by atoms with E-state index in [2.05, 4.69) is 43.4 Å². The van der Waals surface area contributed by atoms with E-state index >= 15 is 0 Å². The molecule has 0 N–H and O–H groups in total. The molecule has 0 aromatic heterocycles. The maximum Gasteiger partial charge on any atom is 0.309 e. The second-order valence-corrected chi connectivity index (χ2v) is 6.43. The summed E-state index contributed by atoms with van der Waals surface area (Å²) in [7, 11) is 1.46. The molecule has 2 nitrogen and oxygen atoms in total. The molecule has 0 radical (unpaired) electrons. The maximum atomic E-state index is 11.3. The van der Waals surface area contributed by atoms with Crippen molar-refractivity contribution in [3.8, 4) is 0 Å². The first-order valence-electron chi connectivity index (χ1n) is 9.34. The van der Waals surface area contributed by atoms with E-state index in [0.717, 1.165) is 19.3 Å². The Morgan fingerprint density at radius 2 is 1.61 bits per heavy atom. The standard InChI is InChI=1S/C21H34O2/c1-3-4-5-6-7-8-9-10-11-12-13-14-15-16-17-19-18-20(19)21(22)23-2/h10-11,13-14,16-17,19-20H,3-9,12,15,18H2,1-2H3/b11-10-,14-13-,17-16-/t19-,20-/m1/s1. The number of carbonyl (C=O) groups is 1. The van der Waals surface area contributed by atoms with Crippen LogP contribution in [0.5, 0.6) is 0 Å². The minimum atomic E-state index is -0.0642. The third-order valence-corrected chi connectivity index (χ3v) is 4.33. The van der Waals surface area contributed by atoms with Gasteiger partial charge in [-0.15, -0.1) is 0 Å². The summed E-state index contributed by atoms with van der Waals surface area (Å²) in [5.41, 5.74) is 0. The summed E-state index contributed by atoms with van der Waals surface area (Å²) in [6.07, 6.45) is 25.7. The SMILES string of the molecule is CCCCCCCC/C=C\C/C=C\C/C=C\[C@@H]1C[C@H]1C(=O)OC. The lowest BCUT2D eigenvalue weighted by molar-refractivity contribution is -0.142. The van der Waals surface area contributed by atoms with Crippen molar-refractivity contribution < 1.29 is 9.53 Å². The highest BCUT2D eigenvalue weighted by atomic mass is 16.5. The molecule has 2 heteroatoms. The largest absolute Gasteiger partial charge is 0.469 e. The Kier molecular flexibility index (Phi) is 11.3. The first-order valence-corrected chi connectivity index (χ1v) is 9.34. The van der Waals surface area contributed by atoms with Gasteiger partial charge in [0, 0.05) is 0 Å². The molecule has 0 spiro atoms. The van der Waals surface area contributed by atoms with Crippen LogP contribution in [0.2, 0.25) is 0 Å². The summed E-state index contributed by atoms with van der Waals surface area (Å²) in [4.78, 5) is 11.3. The molecular weight excluding hydrogens is 284 g/mol. The van der Waals surface area contributed by atoms with Crippen molar-refractivity contribution >= 4 is 5.97 Å². The van der Waals surface area contributed by atoms with Crippen LogP contribution in [0.4, 0.5) is 0 Å². The normalized spacial score (nSPS) is 20.8. The second-order valence-electron chi connectivity index (χ2n) is 6.43.